The molecule has 4 nitrogen and oxygen atoms in total. The fourth-order valence-corrected chi connectivity index (χ4v) is 2.89. The summed E-state index contributed by atoms with van der Waals surface area (Å²) < 4.78 is 0. The van der Waals surface area contributed by atoms with Gasteiger partial charge in [0.1, 0.15) is 5.75 Å². The zero-order chi connectivity index (χ0) is 14.5. The maximum atomic E-state index is 12.1. The van der Waals surface area contributed by atoms with Crippen LogP contribution >= 0.6 is 0 Å². The summed E-state index contributed by atoms with van der Waals surface area (Å²) in [6, 6.07) is 6.48. The molecule has 110 valence electrons. The summed E-state index contributed by atoms with van der Waals surface area (Å²) in [4.78, 5) is 12.1. The molecule has 1 amide bonds. The summed E-state index contributed by atoms with van der Waals surface area (Å²) >= 11 is 0. The number of aromatic hydroxyl groups is 1. The lowest BCUT2D eigenvalue weighted by molar-refractivity contribution is -0.123. The molecule has 4 N–H and O–H groups in total. The van der Waals surface area contributed by atoms with Crippen molar-refractivity contribution < 1.29 is 9.90 Å². The van der Waals surface area contributed by atoms with E-state index in [0.717, 1.165) is 5.56 Å². The Morgan fingerprint density at radius 2 is 1.95 bits per heavy atom. The summed E-state index contributed by atoms with van der Waals surface area (Å²) in [5, 5.41) is 12.3. The van der Waals surface area contributed by atoms with Gasteiger partial charge in [0.05, 0.1) is 6.04 Å². The molecule has 1 aromatic rings. The summed E-state index contributed by atoms with van der Waals surface area (Å²) in [6.45, 7) is 2.07. The van der Waals surface area contributed by atoms with Gasteiger partial charge in [0.2, 0.25) is 5.91 Å². The minimum absolute atomic E-state index is 0.0857. The third-order valence-corrected chi connectivity index (χ3v) is 4.21. The predicted molar refractivity (Wildman–Crippen MR) is 79.3 cm³/mol. The first-order valence-electron chi connectivity index (χ1n) is 7.40. The molecule has 1 aromatic carbocycles. The standard InChI is InChI=1S/C16H24N2O2/c1-11(13-4-2-3-5-13)18-16(20)15(17)10-12-6-8-14(19)9-7-12/h6-9,11,13,15,19H,2-5,10,17H2,1H3,(H,18,20). The van der Waals surface area contributed by atoms with Crippen molar-refractivity contribution in [2.75, 3.05) is 0 Å². The molecule has 0 spiro atoms. The molecule has 0 saturated heterocycles. The Morgan fingerprint density at radius 3 is 2.55 bits per heavy atom. The SMILES string of the molecule is CC(NC(=O)C(N)Cc1ccc(O)cc1)C1CCCC1. The van der Waals surface area contributed by atoms with E-state index in [0.29, 0.717) is 12.3 Å². The quantitative estimate of drug-likeness (QED) is 0.769. The van der Waals surface area contributed by atoms with Crippen LogP contribution < -0.4 is 11.1 Å². The average Bonchev–Trinajstić information content (AvgIpc) is 2.95. The van der Waals surface area contributed by atoms with Crippen LogP contribution in [0.4, 0.5) is 0 Å². The molecule has 2 rings (SSSR count). The van der Waals surface area contributed by atoms with Gasteiger partial charge in [0.15, 0.2) is 0 Å². The first-order valence-corrected chi connectivity index (χ1v) is 7.40. The largest absolute Gasteiger partial charge is 0.508 e. The van der Waals surface area contributed by atoms with Crippen LogP contribution in [0.15, 0.2) is 24.3 Å². The number of nitrogens with two attached hydrogens (primary N) is 1. The molecule has 2 unspecified atom stereocenters. The highest BCUT2D eigenvalue weighted by atomic mass is 16.3. The second-order valence-corrected chi connectivity index (χ2v) is 5.82. The second-order valence-electron chi connectivity index (χ2n) is 5.82. The minimum atomic E-state index is -0.539. The fraction of sp³-hybridized carbons (Fsp3) is 0.562. The van der Waals surface area contributed by atoms with Crippen LogP contribution in [-0.4, -0.2) is 23.1 Å². The Hall–Kier alpha value is -1.55. The van der Waals surface area contributed by atoms with Crippen LogP contribution in [0.5, 0.6) is 5.75 Å². The first-order chi connectivity index (χ1) is 9.56. The molecule has 1 aliphatic carbocycles. The Kier molecular flexibility index (Phi) is 5.01. The maximum Gasteiger partial charge on any atom is 0.237 e. The van der Waals surface area contributed by atoms with Crippen molar-refractivity contribution in [2.45, 2.75) is 51.1 Å². The third-order valence-electron chi connectivity index (χ3n) is 4.21. The zero-order valence-electron chi connectivity index (χ0n) is 12.0. The first kappa shape index (κ1) is 14.9. The molecule has 1 saturated carbocycles. The van der Waals surface area contributed by atoms with Gasteiger partial charge in [-0.2, -0.15) is 0 Å². The zero-order valence-corrected chi connectivity index (χ0v) is 12.0. The van der Waals surface area contributed by atoms with Gasteiger partial charge in [-0.1, -0.05) is 25.0 Å². The minimum Gasteiger partial charge on any atom is -0.508 e. The van der Waals surface area contributed by atoms with E-state index < -0.39 is 6.04 Å². The summed E-state index contributed by atoms with van der Waals surface area (Å²) in [6.07, 6.45) is 5.43. The van der Waals surface area contributed by atoms with Crippen molar-refractivity contribution in [3.63, 3.8) is 0 Å². The van der Waals surface area contributed by atoms with Crippen molar-refractivity contribution in [3.8, 4) is 5.75 Å². The van der Waals surface area contributed by atoms with Gasteiger partial charge in [-0.3, -0.25) is 4.79 Å². The van der Waals surface area contributed by atoms with Crippen molar-refractivity contribution in [2.24, 2.45) is 11.7 Å². The van der Waals surface area contributed by atoms with Gasteiger partial charge in [0, 0.05) is 6.04 Å². The van der Waals surface area contributed by atoms with Crippen molar-refractivity contribution in [1.82, 2.24) is 5.32 Å². The summed E-state index contributed by atoms with van der Waals surface area (Å²) in [5.41, 5.74) is 6.92. The Balaban J connectivity index is 1.83. The Morgan fingerprint density at radius 1 is 1.35 bits per heavy atom. The number of carbonyl (C=O) groups excluding carboxylic acids is 1. The number of rotatable bonds is 5. The van der Waals surface area contributed by atoms with E-state index in [9.17, 15) is 9.90 Å². The van der Waals surface area contributed by atoms with Gasteiger partial charge in [-0.25, -0.2) is 0 Å². The molecular weight excluding hydrogens is 252 g/mol. The topological polar surface area (TPSA) is 75.4 Å². The molecule has 0 bridgehead atoms. The molecular formula is C16H24N2O2. The summed E-state index contributed by atoms with van der Waals surface area (Å²) in [5.74, 6) is 0.735. The number of phenols is 1. The molecule has 0 aromatic heterocycles. The molecule has 0 aliphatic heterocycles. The molecule has 1 aliphatic rings. The maximum absolute atomic E-state index is 12.1. The molecule has 0 radical (unpaired) electrons. The van der Waals surface area contributed by atoms with Crippen LogP contribution in [0, 0.1) is 5.92 Å². The van der Waals surface area contributed by atoms with E-state index in [1.807, 2.05) is 0 Å². The number of nitrogens with one attached hydrogen (secondary N) is 1. The van der Waals surface area contributed by atoms with Gasteiger partial charge in [-0.15, -0.1) is 0 Å². The molecule has 4 heteroatoms. The van der Waals surface area contributed by atoms with Crippen LogP contribution in [-0.2, 0) is 11.2 Å². The second kappa shape index (κ2) is 6.75. The number of benzene rings is 1. The van der Waals surface area contributed by atoms with E-state index in [1.165, 1.54) is 25.7 Å². The summed E-state index contributed by atoms with van der Waals surface area (Å²) in [7, 11) is 0. The molecule has 1 fully saturated rings. The monoisotopic (exact) mass is 276 g/mol. The highest BCUT2D eigenvalue weighted by Crippen LogP contribution is 2.27. The van der Waals surface area contributed by atoms with E-state index in [-0.39, 0.29) is 17.7 Å². The lowest BCUT2D eigenvalue weighted by atomic mass is 9.99. The van der Waals surface area contributed by atoms with Crippen molar-refractivity contribution in [1.29, 1.82) is 0 Å². The van der Waals surface area contributed by atoms with Crippen LogP contribution in [0.25, 0.3) is 0 Å². The van der Waals surface area contributed by atoms with Gasteiger partial charge in [-0.05, 0) is 49.8 Å². The smallest absolute Gasteiger partial charge is 0.237 e. The van der Waals surface area contributed by atoms with Crippen LogP contribution in [0.1, 0.15) is 38.2 Å². The third kappa shape index (κ3) is 3.97. The number of carbonyl (C=O) groups is 1. The van der Waals surface area contributed by atoms with Crippen molar-refractivity contribution in [3.05, 3.63) is 29.8 Å². The van der Waals surface area contributed by atoms with Gasteiger partial charge in [0.25, 0.3) is 0 Å². The molecule has 20 heavy (non-hydrogen) atoms. The highest BCUT2D eigenvalue weighted by Gasteiger charge is 2.24. The van der Waals surface area contributed by atoms with Crippen LogP contribution in [0.3, 0.4) is 0 Å². The fourth-order valence-electron chi connectivity index (χ4n) is 2.89. The number of amides is 1. The Labute approximate surface area is 120 Å². The van der Waals surface area contributed by atoms with Gasteiger partial charge < -0.3 is 16.2 Å². The van der Waals surface area contributed by atoms with E-state index in [2.05, 4.69) is 12.2 Å². The highest BCUT2D eigenvalue weighted by molar-refractivity contribution is 5.82. The van der Waals surface area contributed by atoms with Gasteiger partial charge >= 0.3 is 0 Å². The van der Waals surface area contributed by atoms with Crippen LogP contribution in [0.2, 0.25) is 0 Å². The van der Waals surface area contributed by atoms with E-state index >= 15 is 0 Å². The lowest BCUT2D eigenvalue weighted by Gasteiger charge is -2.22. The lowest BCUT2D eigenvalue weighted by Crippen LogP contribution is -2.47. The average molecular weight is 276 g/mol. The van der Waals surface area contributed by atoms with E-state index in [4.69, 9.17) is 5.73 Å². The number of hydrogen-bond acceptors (Lipinski definition) is 3. The van der Waals surface area contributed by atoms with E-state index in [1.54, 1.807) is 24.3 Å². The normalized spacial score (nSPS) is 18.7. The Bertz CT molecular complexity index is 438. The molecule has 2 atom stereocenters. The number of hydrogen-bond donors (Lipinski definition) is 3. The molecule has 0 heterocycles. The predicted octanol–water partition coefficient (Wildman–Crippen LogP) is 1.96. The van der Waals surface area contributed by atoms with Crippen molar-refractivity contribution >= 4 is 5.91 Å². The number of phenolic OH excluding ortho intramolecular Hbond substituents is 1.